The number of rotatable bonds is 5. The molecule has 0 amide bonds. The zero-order valence-electron chi connectivity index (χ0n) is 12.7. The van der Waals surface area contributed by atoms with Gasteiger partial charge < -0.3 is 4.74 Å². The lowest BCUT2D eigenvalue weighted by Crippen LogP contribution is -2.05. The van der Waals surface area contributed by atoms with Crippen LogP contribution in [0.15, 0.2) is 34.4 Å². The van der Waals surface area contributed by atoms with Crippen molar-refractivity contribution in [2.45, 2.75) is 13.5 Å². The van der Waals surface area contributed by atoms with E-state index in [1.807, 2.05) is 0 Å². The normalized spacial score (nSPS) is 10.6. The number of hydrogen-bond donors (Lipinski definition) is 0. The van der Waals surface area contributed by atoms with Gasteiger partial charge in [-0.2, -0.15) is 0 Å². The molecular formula is C14H10BrN5O4S. The van der Waals surface area contributed by atoms with Gasteiger partial charge in [0.15, 0.2) is 3.92 Å². The lowest BCUT2D eigenvalue weighted by molar-refractivity contribution is -0.384. The maximum absolute atomic E-state index is 12.0. The molecule has 0 aliphatic heterocycles. The average molecular weight is 424 g/mol. The third-order valence-corrected chi connectivity index (χ3v) is 4.74. The Kier molecular flexibility index (Phi) is 4.86. The van der Waals surface area contributed by atoms with Gasteiger partial charge in [0.05, 0.1) is 22.5 Å². The van der Waals surface area contributed by atoms with Crippen LogP contribution in [-0.2, 0) is 11.3 Å². The molecule has 0 aliphatic carbocycles. The molecule has 2 heterocycles. The Labute approximate surface area is 153 Å². The van der Waals surface area contributed by atoms with E-state index in [2.05, 4.69) is 31.2 Å². The highest BCUT2D eigenvalue weighted by Gasteiger charge is 2.17. The van der Waals surface area contributed by atoms with Crippen LogP contribution < -0.4 is 0 Å². The Morgan fingerprint density at radius 2 is 2.28 bits per heavy atom. The summed E-state index contributed by atoms with van der Waals surface area (Å²) in [5.41, 5.74) is 1.44. The van der Waals surface area contributed by atoms with Crippen molar-refractivity contribution in [1.82, 2.24) is 20.0 Å². The van der Waals surface area contributed by atoms with E-state index < -0.39 is 10.9 Å². The Hall–Kier alpha value is -2.66. The highest BCUT2D eigenvalue weighted by Crippen LogP contribution is 2.23. The van der Waals surface area contributed by atoms with Crippen molar-refractivity contribution < 1.29 is 14.5 Å². The van der Waals surface area contributed by atoms with Gasteiger partial charge in [-0.1, -0.05) is 22.6 Å². The molecule has 0 radical (unpaired) electrons. The SMILES string of the molecule is Cc1nc(Br)sc1C(=O)OCc1cn(-c2cccc([N+](=O)[O-])c2)nn1. The number of hydrogen-bond acceptors (Lipinski definition) is 8. The van der Waals surface area contributed by atoms with Crippen LogP contribution in [0, 0.1) is 17.0 Å². The number of benzene rings is 1. The first-order chi connectivity index (χ1) is 11.9. The summed E-state index contributed by atoms with van der Waals surface area (Å²) in [7, 11) is 0. The molecule has 3 aromatic rings. The Balaban J connectivity index is 1.70. The van der Waals surface area contributed by atoms with Crippen molar-refractivity contribution >= 4 is 38.9 Å². The van der Waals surface area contributed by atoms with Gasteiger partial charge in [-0.25, -0.2) is 14.5 Å². The third-order valence-electron chi connectivity index (χ3n) is 3.15. The smallest absolute Gasteiger partial charge is 0.350 e. The predicted molar refractivity (Wildman–Crippen MR) is 91.7 cm³/mol. The number of esters is 1. The van der Waals surface area contributed by atoms with Crippen molar-refractivity contribution in [3.8, 4) is 5.69 Å². The number of non-ortho nitro benzene ring substituents is 1. The van der Waals surface area contributed by atoms with Crippen LogP contribution in [0.1, 0.15) is 21.1 Å². The molecule has 9 nitrogen and oxygen atoms in total. The minimum Gasteiger partial charge on any atom is -0.455 e. The summed E-state index contributed by atoms with van der Waals surface area (Å²) in [5, 5.41) is 18.6. The van der Waals surface area contributed by atoms with Crippen LogP contribution >= 0.6 is 27.3 Å². The van der Waals surface area contributed by atoms with E-state index in [1.165, 1.54) is 28.2 Å². The Morgan fingerprint density at radius 3 is 2.96 bits per heavy atom. The Morgan fingerprint density at radius 1 is 1.48 bits per heavy atom. The average Bonchev–Trinajstić information content (AvgIpc) is 3.19. The molecule has 0 bridgehead atoms. The molecule has 2 aromatic heterocycles. The highest BCUT2D eigenvalue weighted by molar-refractivity contribution is 9.11. The van der Waals surface area contributed by atoms with E-state index in [1.54, 1.807) is 25.3 Å². The second-order valence-corrected chi connectivity index (χ2v) is 7.16. The van der Waals surface area contributed by atoms with Crippen LogP contribution in [0.5, 0.6) is 0 Å². The van der Waals surface area contributed by atoms with E-state index in [9.17, 15) is 14.9 Å². The Bertz CT molecular complexity index is 954. The number of ether oxygens (including phenoxy) is 1. The summed E-state index contributed by atoms with van der Waals surface area (Å²) in [6.07, 6.45) is 1.54. The first-order valence-corrected chi connectivity index (χ1v) is 8.51. The molecular weight excluding hydrogens is 414 g/mol. The van der Waals surface area contributed by atoms with Gasteiger partial charge >= 0.3 is 5.97 Å². The van der Waals surface area contributed by atoms with E-state index >= 15 is 0 Å². The van der Waals surface area contributed by atoms with Gasteiger partial charge in [0.25, 0.3) is 5.69 Å². The number of nitro groups is 1. The molecule has 11 heteroatoms. The largest absolute Gasteiger partial charge is 0.455 e. The van der Waals surface area contributed by atoms with Crippen LogP contribution in [-0.4, -0.2) is 30.9 Å². The summed E-state index contributed by atoms with van der Waals surface area (Å²) < 4.78 is 7.19. The molecule has 128 valence electrons. The number of nitro benzene ring substituents is 1. The first-order valence-electron chi connectivity index (χ1n) is 6.90. The van der Waals surface area contributed by atoms with Gasteiger partial charge in [-0.05, 0) is 28.9 Å². The van der Waals surface area contributed by atoms with Crippen molar-refractivity contribution in [3.05, 3.63) is 60.8 Å². The second kappa shape index (κ2) is 7.07. The lowest BCUT2D eigenvalue weighted by atomic mass is 10.3. The van der Waals surface area contributed by atoms with Crippen LogP contribution in [0.25, 0.3) is 5.69 Å². The standard InChI is InChI=1S/C14H10BrN5O4S/c1-8-12(25-14(15)16-8)13(21)24-7-9-6-19(18-17-9)10-3-2-4-11(5-10)20(22)23/h2-6H,7H2,1H3. The quantitative estimate of drug-likeness (QED) is 0.351. The summed E-state index contributed by atoms with van der Waals surface area (Å²) >= 11 is 4.41. The maximum atomic E-state index is 12.0. The predicted octanol–water partition coefficient (Wildman–Crippen LogP) is 3.06. The molecule has 3 rings (SSSR count). The number of carbonyl (C=O) groups excluding carboxylic acids is 1. The summed E-state index contributed by atoms with van der Waals surface area (Å²) in [6, 6.07) is 5.98. The molecule has 0 atom stereocenters. The lowest BCUT2D eigenvalue weighted by Gasteiger charge is -2.01. The van der Waals surface area contributed by atoms with Crippen LogP contribution in [0.4, 0.5) is 5.69 Å². The number of aryl methyl sites for hydroxylation is 1. The zero-order chi connectivity index (χ0) is 18.0. The van der Waals surface area contributed by atoms with Gasteiger partial charge in [0.2, 0.25) is 0 Å². The molecule has 0 saturated carbocycles. The second-order valence-electron chi connectivity index (χ2n) is 4.89. The number of halogens is 1. The van der Waals surface area contributed by atoms with Crippen molar-refractivity contribution in [1.29, 1.82) is 0 Å². The third kappa shape index (κ3) is 3.88. The number of carbonyl (C=O) groups is 1. The fraction of sp³-hybridized carbons (Fsp3) is 0.143. The van der Waals surface area contributed by atoms with Crippen LogP contribution in [0.3, 0.4) is 0 Å². The number of nitrogens with zero attached hydrogens (tertiary/aromatic N) is 5. The minimum absolute atomic E-state index is 0.0489. The summed E-state index contributed by atoms with van der Waals surface area (Å²) in [5.74, 6) is -0.495. The van der Waals surface area contributed by atoms with E-state index in [0.717, 1.165) is 0 Å². The topological polar surface area (TPSA) is 113 Å². The molecule has 0 unspecified atom stereocenters. The maximum Gasteiger partial charge on any atom is 0.350 e. The molecule has 0 spiro atoms. The molecule has 0 fully saturated rings. The monoisotopic (exact) mass is 423 g/mol. The summed E-state index contributed by atoms with van der Waals surface area (Å²) in [6.45, 7) is 1.65. The molecule has 0 saturated heterocycles. The molecule has 0 aliphatic rings. The van der Waals surface area contributed by atoms with Crippen molar-refractivity contribution in [2.75, 3.05) is 0 Å². The number of thiazole rings is 1. The minimum atomic E-state index is -0.495. The van der Waals surface area contributed by atoms with Gasteiger partial charge in [-0.15, -0.1) is 5.10 Å². The van der Waals surface area contributed by atoms with Gasteiger partial charge in [0, 0.05) is 12.1 Å². The van der Waals surface area contributed by atoms with Crippen molar-refractivity contribution in [3.63, 3.8) is 0 Å². The number of aromatic nitrogens is 4. The van der Waals surface area contributed by atoms with Gasteiger partial charge in [-0.3, -0.25) is 10.1 Å². The van der Waals surface area contributed by atoms with E-state index in [0.29, 0.717) is 25.9 Å². The molecule has 25 heavy (non-hydrogen) atoms. The fourth-order valence-corrected chi connectivity index (χ4v) is 3.44. The first kappa shape index (κ1) is 17.2. The van der Waals surface area contributed by atoms with E-state index in [4.69, 9.17) is 4.74 Å². The van der Waals surface area contributed by atoms with Crippen LogP contribution in [0.2, 0.25) is 0 Å². The zero-order valence-corrected chi connectivity index (χ0v) is 15.2. The fourth-order valence-electron chi connectivity index (χ4n) is 2.00. The molecule has 1 aromatic carbocycles. The summed E-state index contributed by atoms with van der Waals surface area (Å²) in [4.78, 5) is 26.9. The van der Waals surface area contributed by atoms with Crippen molar-refractivity contribution in [2.24, 2.45) is 0 Å². The highest BCUT2D eigenvalue weighted by atomic mass is 79.9. The molecule has 0 N–H and O–H groups in total. The van der Waals surface area contributed by atoms with Gasteiger partial charge in [0.1, 0.15) is 17.2 Å². The van der Waals surface area contributed by atoms with E-state index in [-0.39, 0.29) is 12.3 Å².